The number of fused-ring (bicyclic) bond motifs is 1. The molecule has 6 nitrogen and oxygen atoms in total. The van der Waals surface area contributed by atoms with Crippen LogP contribution in [0.25, 0.3) is 10.9 Å². The van der Waals surface area contributed by atoms with Gasteiger partial charge in [-0.2, -0.15) is 0 Å². The summed E-state index contributed by atoms with van der Waals surface area (Å²) < 4.78 is 15.3. The van der Waals surface area contributed by atoms with Crippen molar-refractivity contribution in [2.24, 2.45) is 0 Å². The van der Waals surface area contributed by atoms with Gasteiger partial charge in [-0.25, -0.2) is 4.39 Å². The maximum absolute atomic E-state index is 13.9. The van der Waals surface area contributed by atoms with Gasteiger partial charge in [-0.05, 0) is 42.5 Å². The van der Waals surface area contributed by atoms with E-state index in [0.29, 0.717) is 16.2 Å². The van der Waals surface area contributed by atoms with Gasteiger partial charge in [0.1, 0.15) is 12.4 Å². The van der Waals surface area contributed by atoms with Crippen LogP contribution in [0.5, 0.6) is 0 Å². The van der Waals surface area contributed by atoms with Gasteiger partial charge in [0.2, 0.25) is 11.3 Å². The third-order valence-corrected chi connectivity index (χ3v) is 5.02. The van der Waals surface area contributed by atoms with Crippen LogP contribution in [0.3, 0.4) is 0 Å². The number of benzene rings is 2. The normalized spacial score (nSPS) is 10.8. The molecular formula is C23H15ClFN3O3. The molecule has 0 bridgehead atoms. The first kappa shape index (κ1) is 20.4. The highest BCUT2D eigenvalue weighted by Gasteiger charge is 2.19. The van der Waals surface area contributed by atoms with Crippen molar-refractivity contribution in [3.63, 3.8) is 0 Å². The molecule has 0 radical (unpaired) electrons. The molecule has 0 saturated heterocycles. The summed E-state index contributed by atoms with van der Waals surface area (Å²) in [4.78, 5) is 42.4. The quantitative estimate of drug-likeness (QED) is 0.479. The number of anilines is 1. The van der Waals surface area contributed by atoms with E-state index in [0.717, 1.165) is 6.07 Å². The third-order valence-electron chi connectivity index (χ3n) is 4.69. The number of nitrogens with one attached hydrogen (secondary N) is 1. The third kappa shape index (κ3) is 4.22. The summed E-state index contributed by atoms with van der Waals surface area (Å²) in [6.45, 7) is -0.218. The fourth-order valence-corrected chi connectivity index (χ4v) is 3.41. The Morgan fingerprint density at radius 2 is 1.81 bits per heavy atom. The van der Waals surface area contributed by atoms with Crippen LogP contribution in [0.4, 0.5) is 10.1 Å². The van der Waals surface area contributed by atoms with Gasteiger partial charge in [-0.1, -0.05) is 23.7 Å². The van der Waals surface area contributed by atoms with E-state index in [-0.39, 0.29) is 23.1 Å². The highest BCUT2D eigenvalue weighted by atomic mass is 35.5. The first-order valence-corrected chi connectivity index (χ1v) is 9.63. The topological polar surface area (TPSA) is 81.1 Å². The van der Waals surface area contributed by atoms with Gasteiger partial charge in [0.25, 0.3) is 0 Å². The Balaban J connectivity index is 1.78. The maximum Gasteiger partial charge on any atom is 0.244 e. The van der Waals surface area contributed by atoms with Crippen LogP contribution in [-0.4, -0.2) is 21.2 Å². The number of hydrogen-bond donors (Lipinski definition) is 1. The Hall–Kier alpha value is -3.84. The summed E-state index contributed by atoms with van der Waals surface area (Å²) in [6.07, 6.45) is 4.19. The van der Waals surface area contributed by atoms with Crippen LogP contribution in [-0.2, 0) is 11.3 Å². The lowest BCUT2D eigenvalue weighted by atomic mass is 10.0. The summed E-state index contributed by atoms with van der Waals surface area (Å²) in [6, 6.07) is 13.4. The van der Waals surface area contributed by atoms with Crippen molar-refractivity contribution in [2.45, 2.75) is 6.54 Å². The Morgan fingerprint density at radius 1 is 1.06 bits per heavy atom. The maximum atomic E-state index is 13.9. The zero-order valence-electron chi connectivity index (χ0n) is 16.0. The van der Waals surface area contributed by atoms with Gasteiger partial charge in [-0.15, -0.1) is 0 Å². The van der Waals surface area contributed by atoms with Gasteiger partial charge in [0.05, 0.1) is 21.8 Å². The molecule has 4 rings (SSSR count). The largest absolute Gasteiger partial charge is 0.337 e. The van der Waals surface area contributed by atoms with E-state index < -0.39 is 22.9 Å². The SMILES string of the molecule is O=C(Cn1cc(C(=O)c2ccncc2)c(=O)c2cc(F)ccc21)Nc1ccccc1Cl. The molecule has 1 amide bonds. The van der Waals surface area contributed by atoms with E-state index in [9.17, 15) is 18.8 Å². The molecule has 8 heteroatoms. The number of pyridine rings is 2. The second kappa shape index (κ2) is 8.49. The zero-order valence-corrected chi connectivity index (χ0v) is 16.8. The first-order chi connectivity index (χ1) is 14.9. The number of carbonyl (C=O) groups excluding carboxylic acids is 2. The Morgan fingerprint density at radius 3 is 2.55 bits per heavy atom. The number of ketones is 1. The minimum Gasteiger partial charge on any atom is -0.337 e. The predicted octanol–water partition coefficient (Wildman–Crippen LogP) is 4.06. The summed E-state index contributed by atoms with van der Waals surface area (Å²) in [5.74, 6) is -1.59. The summed E-state index contributed by atoms with van der Waals surface area (Å²) in [5.41, 5.74) is 0.231. The molecule has 0 aliphatic heterocycles. The zero-order chi connectivity index (χ0) is 22.0. The summed E-state index contributed by atoms with van der Waals surface area (Å²) >= 11 is 6.08. The lowest BCUT2D eigenvalue weighted by Gasteiger charge is -2.14. The van der Waals surface area contributed by atoms with Gasteiger partial charge in [0.15, 0.2) is 5.78 Å². The highest BCUT2D eigenvalue weighted by Crippen LogP contribution is 2.21. The molecule has 0 spiro atoms. The van der Waals surface area contributed by atoms with Crippen LogP contribution in [0, 0.1) is 5.82 Å². The lowest BCUT2D eigenvalue weighted by molar-refractivity contribution is -0.116. The fourth-order valence-electron chi connectivity index (χ4n) is 3.23. The lowest BCUT2D eigenvalue weighted by Crippen LogP contribution is -2.24. The van der Waals surface area contributed by atoms with Crippen LogP contribution < -0.4 is 10.7 Å². The van der Waals surface area contributed by atoms with E-state index in [2.05, 4.69) is 10.3 Å². The van der Waals surface area contributed by atoms with Crippen LogP contribution in [0.2, 0.25) is 5.02 Å². The van der Waals surface area contributed by atoms with Gasteiger partial charge in [-0.3, -0.25) is 19.4 Å². The van der Waals surface area contributed by atoms with E-state index in [1.165, 1.54) is 47.4 Å². The number of halogens is 2. The van der Waals surface area contributed by atoms with Crippen molar-refractivity contribution in [3.8, 4) is 0 Å². The molecule has 154 valence electrons. The molecule has 2 heterocycles. The molecule has 2 aromatic heterocycles. The average molecular weight is 436 g/mol. The van der Waals surface area contributed by atoms with Gasteiger partial charge < -0.3 is 9.88 Å². The molecule has 1 N–H and O–H groups in total. The van der Waals surface area contributed by atoms with Crippen LogP contribution >= 0.6 is 11.6 Å². The molecule has 0 aliphatic rings. The van der Waals surface area contributed by atoms with Crippen molar-refractivity contribution in [1.82, 2.24) is 9.55 Å². The molecule has 4 aromatic rings. The van der Waals surface area contributed by atoms with Crippen LogP contribution in [0.1, 0.15) is 15.9 Å². The summed E-state index contributed by atoms with van der Waals surface area (Å²) in [7, 11) is 0. The average Bonchev–Trinajstić information content (AvgIpc) is 2.77. The van der Waals surface area contributed by atoms with Crippen molar-refractivity contribution < 1.29 is 14.0 Å². The van der Waals surface area contributed by atoms with Crippen molar-refractivity contribution in [3.05, 3.63) is 105 Å². The number of hydrogen-bond acceptors (Lipinski definition) is 4. The van der Waals surface area contributed by atoms with Crippen LogP contribution in [0.15, 0.2) is 78.0 Å². The van der Waals surface area contributed by atoms with Crippen molar-refractivity contribution >= 4 is 39.9 Å². The minimum absolute atomic E-state index is 0.00505. The number of nitrogens with zero attached hydrogens (tertiary/aromatic N) is 2. The second-order valence-corrected chi connectivity index (χ2v) is 7.16. The second-order valence-electron chi connectivity index (χ2n) is 6.75. The molecule has 2 aromatic carbocycles. The number of para-hydroxylation sites is 1. The van der Waals surface area contributed by atoms with Crippen molar-refractivity contribution in [2.75, 3.05) is 5.32 Å². The Labute approximate surface area is 180 Å². The molecule has 0 atom stereocenters. The molecule has 0 aliphatic carbocycles. The van der Waals surface area contributed by atoms with E-state index in [1.54, 1.807) is 24.3 Å². The van der Waals surface area contributed by atoms with E-state index >= 15 is 0 Å². The van der Waals surface area contributed by atoms with E-state index in [1.807, 2.05) is 0 Å². The van der Waals surface area contributed by atoms with Gasteiger partial charge >= 0.3 is 0 Å². The smallest absolute Gasteiger partial charge is 0.244 e. The van der Waals surface area contributed by atoms with Gasteiger partial charge in [0, 0.05) is 29.5 Å². The highest BCUT2D eigenvalue weighted by molar-refractivity contribution is 6.33. The van der Waals surface area contributed by atoms with Crippen molar-refractivity contribution in [1.29, 1.82) is 0 Å². The molecule has 0 fully saturated rings. The molecule has 0 unspecified atom stereocenters. The Bertz CT molecular complexity index is 1370. The standard InChI is InChI=1S/C23H15ClFN3O3/c24-18-3-1-2-4-19(18)27-21(29)13-28-12-17(22(30)14-7-9-26-10-8-14)23(31)16-11-15(25)5-6-20(16)28/h1-12H,13H2,(H,27,29). The first-order valence-electron chi connectivity index (χ1n) is 9.26. The predicted molar refractivity (Wildman–Crippen MR) is 116 cm³/mol. The molecule has 31 heavy (non-hydrogen) atoms. The monoisotopic (exact) mass is 435 g/mol. The summed E-state index contributed by atoms with van der Waals surface area (Å²) in [5, 5.41) is 3.07. The number of amides is 1. The van der Waals surface area contributed by atoms with E-state index in [4.69, 9.17) is 11.6 Å². The number of rotatable bonds is 5. The number of aromatic nitrogens is 2. The molecule has 0 saturated carbocycles. The molecular weight excluding hydrogens is 421 g/mol. The number of carbonyl (C=O) groups is 2. The minimum atomic E-state index is -0.620. The Kier molecular flexibility index (Phi) is 5.60. The fraction of sp³-hybridized carbons (Fsp3) is 0.0435.